The molecule has 2 aliphatic heterocycles. The van der Waals surface area contributed by atoms with Gasteiger partial charge >= 0.3 is 5.97 Å². The van der Waals surface area contributed by atoms with Crippen molar-refractivity contribution in [2.75, 3.05) is 19.6 Å². The number of carbonyl (C=O) groups is 3. The third-order valence-electron chi connectivity index (χ3n) is 5.98. The molecule has 1 N–H and O–H groups in total. The number of piperidine rings is 1. The van der Waals surface area contributed by atoms with E-state index < -0.39 is 17.9 Å². The fourth-order valence-corrected chi connectivity index (χ4v) is 4.69. The zero-order valence-corrected chi connectivity index (χ0v) is 16.9. The van der Waals surface area contributed by atoms with Crippen LogP contribution in [0.3, 0.4) is 0 Å². The van der Waals surface area contributed by atoms with E-state index in [4.69, 9.17) is 5.11 Å². The summed E-state index contributed by atoms with van der Waals surface area (Å²) in [6, 6.07) is 12.9. The first-order valence-electron chi connectivity index (χ1n) is 9.93. The van der Waals surface area contributed by atoms with E-state index in [1.165, 1.54) is 0 Å². The lowest BCUT2D eigenvalue weighted by Gasteiger charge is -2.34. The number of amides is 2. The van der Waals surface area contributed by atoms with Crippen molar-refractivity contribution in [2.24, 2.45) is 5.92 Å². The molecule has 2 amide bonds. The summed E-state index contributed by atoms with van der Waals surface area (Å²) in [6.07, 6.45) is 1.42. The number of hydrogen-bond donors (Lipinski definition) is 2. The molecule has 7 heteroatoms. The largest absolute Gasteiger partial charge is 0.481 e. The molecule has 0 saturated carbocycles. The number of thiol groups is 1. The molecule has 2 atom stereocenters. The van der Waals surface area contributed by atoms with Gasteiger partial charge in [0.15, 0.2) is 0 Å². The lowest BCUT2D eigenvalue weighted by Crippen LogP contribution is -2.50. The van der Waals surface area contributed by atoms with Crippen molar-refractivity contribution in [3.05, 3.63) is 48.0 Å². The number of benzene rings is 2. The fraction of sp³-hybridized carbons (Fsp3) is 0.409. The number of aliphatic carboxylic acids is 1. The second kappa shape index (κ2) is 8.06. The van der Waals surface area contributed by atoms with Crippen LogP contribution in [-0.2, 0) is 9.59 Å². The van der Waals surface area contributed by atoms with Crippen LogP contribution in [0.2, 0.25) is 0 Å². The molecular weight excluding hydrogens is 388 g/mol. The number of carboxylic acids is 1. The molecule has 6 nitrogen and oxygen atoms in total. The van der Waals surface area contributed by atoms with Crippen LogP contribution in [-0.4, -0.2) is 63.6 Å². The molecule has 0 unspecified atom stereocenters. The molecule has 0 bridgehead atoms. The van der Waals surface area contributed by atoms with Crippen molar-refractivity contribution in [3.63, 3.8) is 0 Å². The van der Waals surface area contributed by atoms with E-state index in [9.17, 15) is 14.4 Å². The Morgan fingerprint density at radius 1 is 1.00 bits per heavy atom. The number of nitrogens with zero attached hydrogens (tertiary/aromatic N) is 2. The Labute approximate surface area is 174 Å². The van der Waals surface area contributed by atoms with E-state index in [0.29, 0.717) is 44.5 Å². The molecule has 0 aromatic heterocycles. The average Bonchev–Trinajstić information content (AvgIpc) is 3.14. The van der Waals surface area contributed by atoms with E-state index in [0.717, 1.165) is 10.8 Å². The van der Waals surface area contributed by atoms with Crippen LogP contribution in [0, 0.1) is 5.92 Å². The quantitative estimate of drug-likeness (QED) is 0.760. The van der Waals surface area contributed by atoms with E-state index in [1.807, 2.05) is 36.4 Å². The lowest BCUT2D eigenvalue weighted by atomic mass is 9.96. The predicted octanol–water partition coefficient (Wildman–Crippen LogP) is 2.68. The number of likely N-dealkylation sites (tertiary alicyclic amines) is 2. The summed E-state index contributed by atoms with van der Waals surface area (Å²) in [5.41, 5.74) is 0.563. The molecule has 29 heavy (non-hydrogen) atoms. The first-order chi connectivity index (χ1) is 13.9. The van der Waals surface area contributed by atoms with Crippen LogP contribution in [0.25, 0.3) is 10.8 Å². The van der Waals surface area contributed by atoms with Crippen molar-refractivity contribution in [3.8, 4) is 0 Å². The maximum atomic E-state index is 13.2. The highest BCUT2D eigenvalue weighted by Crippen LogP contribution is 2.28. The molecule has 4 rings (SSSR count). The van der Waals surface area contributed by atoms with Crippen LogP contribution in [0.15, 0.2) is 42.5 Å². The third-order valence-corrected chi connectivity index (χ3v) is 6.35. The van der Waals surface area contributed by atoms with Gasteiger partial charge in [0.2, 0.25) is 5.91 Å². The molecule has 2 saturated heterocycles. The van der Waals surface area contributed by atoms with Gasteiger partial charge in [-0.3, -0.25) is 14.4 Å². The third kappa shape index (κ3) is 3.96. The zero-order chi connectivity index (χ0) is 20.5. The molecule has 2 heterocycles. The van der Waals surface area contributed by atoms with Crippen LogP contribution in [0.4, 0.5) is 0 Å². The van der Waals surface area contributed by atoms with Gasteiger partial charge in [-0.05, 0) is 42.2 Å². The van der Waals surface area contributed by atoms with E-state index in [1.54, 1.807) is 15.9 Å². The Morgan fingerprint density at radius 3 is 2.38 bits per heavy atom. The highest BCUT2D eigenvalue weighted by molar-refractivity contribution is 7.81. The lowest BCUT2D eigenvalue weighted by molar-refractivity contribution is -0.146. The van der Waals surface area contributed by atoms with Gasteiger partial charge in [-0.1, -0.05) is 30.3 Å². The van der Waals surface area contributed by atoms with Gasteiger partial charge in [0.05, 0.1) is 5.92 Å². The molecular formula is C22H24N2O4S. The van der Waals surface area contributed by atoms with Crippen molar-refractivity contribution in [2.45, 2.75) is 30.6 Å². The van der Waals surface area contributed by atoms with Crippen molar-refractivity contribution in [1.82, 2.24) is 9.80 Å². The summed E-state index contributed by atoms with van der Waals surface area (Å²) < 4.78 is 0. The Hall–Kier alpha value is -2.54. The predicted molar refractivity (Wildman–Crippen MR) is 113 cm³/mol. The zero-order valence-electron chi connectivity index (χ0n) is 16.0. The summed E-state index contributed by atoms with van der Waals surface area (Å²) in [5, 5.41) is 11.2. The SMILES string of the molecule is O=C(O)C1CCN(C(=O)[C@@H]2C[C@@H](S)CN2C(=O)c2ccc3ccccc3c2)CC1. The highest BCUT2D eigenvalue weighted by Gasteiger charge is 2.41. The normalized spacial score (nSPS) is 22.8. The molecule has 2 fully saturated rings. The van der Waals surface area contributed by atoms with E-state index in [-0.39, 0.29) is 17.1 Å². The van der Waals surface area contributed by atoms with Gasteiger partial charge in [0.25, 0.3) is 5.91 Å². The topological polar surface area (TPSA) is 77.9 Å². The Balaban J connectivity index is 1.52. The second-order valence-electron chi connectivity index (χ2n) is 7.86. The summed E-state index contributed by atoms with van der Waals surface area (Å²) in [5.74, 6) is -1.46. The first-order valence-corrected chi connectivity index (χ1v) is 10.4. The van der Waals surface area contributed by atoms with Gasteiger partial charge in [-0.2, -0.15) is 12.6 Å². The Bertz CT molecular complexity index is 955. The van der Waals surface area contributed by atoms with E-state index >= 15 is 0 Å². The summed E-state index contributed by atoms with van der Waals surface area (Å²) >= 11 is 4.53. The van der Waals surface area contributed by atoms with Crippen LogP contribution < -0.4 is 0 Å². The molecule has 2 aromatic rings. The molecule has 152 valence electrons. The van der Waals surface area contributed by atoms with Gasteiger partial charge < -0.3 is 14.9 Å². The smallest absolute Gasteiger partial charge is 0.306 e. The van der Waals surface area contributed by atoms with Gasteiger partial charge in [0, 0.05) is 30.4 Å². The minimum atomic E-state index is -0.804. The number of carboxylic acid groups (broad SMARTS) is 1. The maximum Gasteiger partial charge on any atom is 0.306 e. The van der Waals surface area contributed by atoms with Crippen LogP contribution in [0.5, 0.6) is 0 Å². The minimum absolute atomic E-state index is 0.0510. The second-order valence-corrected chi connectivity index (χ2v) is 8.59. The van der Waals surface area contributed by atoms with Crippen LogP contribution >= 0.6 is 12.6 Å². The van der Waals surface area contributed by atoms with Gasteiger partial charge in [-0.15, -0.1) is 0 Å². The van der Waals surface area contributed by atoms with E-state index in [2.05, 4.69) is 12.6 Å². The van der Waals surface area contributed by atoms with Crippen LogP contribution in [0.1, 0.15) is 29.6 Å². The maximum absolute atomic E-state index is 13.2. The Kier molecular flexibility index (Phi) is 5.50. The van der Waals surface area contributed by atoms with Crippen molar-refractivity contribution < 1.29 is 19.5 Å². The highest BCUT2D eigenvalue weighted by atomic mass is 32.1. The fourth-order valence-electron chi connectivity index (χ4n) is 4.32. The van der Waals surface area contributed by atoms with Crippen molar-refractivity contribution >= 4 is 41.2 Å². The molecule has 0 radical (unpaired) electrons. The monoisotopic (exact) mass is 412 g/mol. The van der Waals surface area contributed by atoms with Gasteiger partial charge in [-0.25, -0.2) is 0 Å². The summed E-state index contributed by atoms with van der Waals surface area (Å²) in [6.45, 7) is 1.26. The number of fused-ring (bicyclic) bond motifs is 1. The first kappa shape index (κ1) is 19.8. The molecule has 2 aliphatic rings. The number of carbonyl (C=O) groups excluding carboxylic acids is 2. The standard InChI is InChI=1S/C22H24N2O4S/c25-20(17-6-5-14-3-1-2-4-16(14)11-17)24-13-18(29)12-19(24)21(26)23-9-7-15(8-10-23)22(27)28/h1-6,11,15,18-19,29H,7-10,12-13H2,(H,27,28)/t18-,19+/m1/s1. The van der Waals surface area contributed by atoms with Crippen molar-refractivity contribution in [1.29, 1.82) is 0 Å². The van der Waals surface area contributed by atoms with Gasteiger partial charge in [0.1, 0.15) is 6.04 Å². The molecule has 2 aromatic carbocycles. The minimum Gasteiger partial charge on any atom is -0.481 e. The Morgan fingerprint density at radius 2 is 1.69 bits per heavy atom. The number of rotatable bonds is 3. The number of hydrogen-bond acceptors (Lipinski definition) is 4. The summed E-state index contributed by atoms with van der Waals surface area (Å²) in [7, 11) is 0. The molecule has 0 spiro atoms. The molecule has 0 aliphatic carbocycles. The summed E-state index contributed by atoms with van der Waals surface area (Å²) in [4.78, 5) is 40.8. The average molecular weight is 413 g/mol.